The summed E-state index contributed by atoms with van der Waals surface area (Å²) in [6.07, 6.45) is 5.79. The second kappa shape index (κ2) is 6.05. The molecule has 0 bridgehead atoms. The number of hydrogen-bond acceptors (Lipinski definition) is 2. The molecule has 2 rings (SSSR count). The Morgan fingerprint density at radius 2 is 2.11 bits per heavy atom. The Hall–Kier alpha value is -0.570. The van der Waals surface area contributed by atoms with Gasteiger partial charge in [0.05, 0.1) is 5.60 Å². The standard InChI is InChI=1S/C15H22ClNO/c1-17-14(15(18-2)8-3-4-9-15)11-12-6-5-7-13(16)10-12/h5-7,10,14,17H,3-4,8-9,11H2,1-2H3. The average Bonchev–Trinajstić information content (AvgIpc) is 2.86. The van der Waals surface area contributed by atoms with E-state index in [4.69, 9.17) is 16.3 Å². The minimum Gasteiger partial charge on any atom is -0.377 e. The van der Waals surface area contributed by atoms with Crippen molar-refractivity contribution in [2.75, 3.05) is 14.2 Å². The van der Waals surface area contributed by atoms with Crippen LogP contribution in [0.4, 0.5) is 0 Å². The van der Waals surface area contributed by atoms with Crippen molar-refractivity contribution >= 4 is 11.6 Å². The van der Waals surface area contributed by atoms with Crippen LogP contribution in [0.1, 0.15) is 31.2 Å². The third kappa shape index (κ3) is 2.87. The van der Waals surface area contributed by atoms with Crippen LogP contribution in [0.5, 0.6) is 0 Å². The van der Waals surface area contributed by atoms with E-state index >= 15 is 0 Å². The Labute approximate surface area is 115 Å². The van der Waals surface area contributed by atoms with Crippen LogP contribution in [0.25, 0.3) is 0 Å². The summed E-state index contributed by atoms with van der Waals surface area (Å²) in [5, 5.41) is 4.24. The first-order valence-electron chi connectivity index (χ1n) is 6.67. The van der Waals surface area contributed by atoms with Crippen LogP contribution in [0, 0.1) is 0 Å². The molecule has 0 saturated heterocycles. The minimum atomic E-state index is -0.00291. The van der Waals surface area contributed by atoms with E-state index in [0.29, 0.717) is 6.04 Å². The molecule has 1 N–H and O–H groups in total. The first-order chi connectivity index (χ1) is 8.70. The van der Waals surface area contributed by atoms with Gasteiger partial charge in [-0.25, -0.2) is 0 Å². The summed E-state index contributed by atoms with van der Waals surface area (Å²) >= 11 is 6.05. The molecule has 1 aromatic carbocycles. The van der Waals surface area contributed by atoms with Crippen LogP contribution in [-0.4, -0.2) is 25.8 Å². The molecule has 0 heterocycles. The van der Waals surface area contributed by atoms with E-state index in [1.807, 2.05) is 32.4 Å². The summed E-state index contributed by atoms with van der Waals surface area (Å²) in [5.74, 6) is 0. The van der Waals surface area contributed by atoms with Gasteiger partial charge in [0, 0.05) is 18.2 Å². The predicted molar refractivity (Wildman–Crippen MR) is 76.2 cm³/mol. The van der Waals surface area contributed by atoms with Gasteiger partial charge in [-0.15, -0.1) is 0 Å². The molecular formula is C15H22ClNO. The van der Waals surface area contributed by atoms with Gasteiger partial charge in [0.25, 0.3) is 0 Å². The Balaban J connectivity index is 2.13. The normalized spacial score (nSPS) is 19.9. The highest BCUT2D eigenvalue weighted by Crippen LogP contribution is 2.36. The van der Waals surface area contributed by atoms with Gasteiger partial charge in [0.1, 0.15) is 0 Å². The highest BCUT2D eigenvalue weighted by Gasteiger charge is 2.40. The lowest BCUT2D eigenvalue weighted by Crippen LogP contribution is -2.50. The number of nitrogens with one attached hydrogen (secondary N) is 1. The average molecular weight is 268 g/mol. The number of likely N-dealkylation sites (N-methyl/N-ethyl adjacent to an activating group) is 1. The maximum absolute atomic E-state index is 6.05. The molecular weight excluding hydrogens is 246 g/mol. The van der Waals surface area contributed by atoms with E-state index in [9.17, 15) is 0 Å². The van der Waals surface area contributed by atoms with Crippen molar-refractivity contribution in [2.24, 2.45) is 0 Å². The van der Waals surface area contributed by atoms with Gasteiger partial charge in [0.2, 0.25) is 0 Å². The molecule has 0 amide bonds. The van der Waals surface area contributed by atoms with Crippen molar-refractivity contribution in [3.8, 4) is 0 Å². The van der Waals surface area contributed by atoms with Gasteiger partial charge < -0.3 is 10.1 Å². The fourth-order valence-electron chi connectivity index (χ4n) is 3.12. The van der Waals surface area contributed by atoms with Gasteiger partial charge in [-0.2, -0.15) is 0 Å². The zero-order valence-electron chi connectivity index (χ0n) is 11.2. The van der Waals surface area contributed by atoms with E-state index in [0.717, 1.165) is 24.3 Å². The summed E-state index contributed by atoms with van der Waals surface area (Å²) in [5.41, 5.74) is 1.27. The summed E-state index contributed by atoms with van der Waals surface area (Å²) in [6.45, 7) is 0. The molecule has 1 unspecified atom stereocenters. The van der Waals surface area contributed by atoms with Gasteiger partial charge in [-0.3, -0.25) is 0 Å². The fourth-order valence-corrected chi connectivity index (χ4v) is 3.33. The molecule has 100 valence electrons. The zero-order chi connectivity index (χ0) is 13.0. The monoisotopic (exact) mass is 267 g/mol. The number of hydrogen-bond donors (Lipinski definition) is 1. The minimum absolute atomic E-state index is 0.00291. The van der Waals surface area contributed by atoms with Crippen molar-refractivity contribution in [1.82, 2.24) is 5.32 Å². The third-order valence-electron chi connectivity index (χ3n) is 4.17. The fraction of sp³-hybridized carbons (Fsp3) is 0.600. The van der Waals surface area contributed by atoms with Gasteiger partial charge in [-0.1, -0.05) is 36.6 Å². The van der Waals surface area contributed by atoms with E-state index in [1.165, 1.54) is 18.4 Å². The topological polar surface area (TPSA) is 21.3 Å². The Morgan fingerprint density at radius 1 is 1.39 bits per heavy atom. The van der Waals surface area contributed by atoms with Crippen molar-refractivity contribution < 1.29 is 4.74 Å². The second-order valence-corrected chi connectivity index (χ2v) is 5.59. The van der Waals surface area contributed by atoms with Crippen molar-refractivity contribution in [3.63, 3.8) is 0 Å². The molecule has 3 heteroatoms. The molecule has 1 atom stereocenters. The number of rotatable bonds is 5. The molecule has 1 aromatic rings. The van der Waals surface area contributed by atoms with Crippen LogP contribution in [0.15, 0.2) is 24.3 Å². The molecule has 1 fully saturated rings. The summed E-state index contributed by atoms with van der Waals surface area (Å²) in [7, 11) is 3.86. The molecule has 0 aliphatic heterocycles. The number of halogens is 1. The van der Waals surface area contributed by atoms with Crippen LogP contribution < -0.4 is 5.32 Å². The third-order valence-corrected chi connectivity index (χ3v) is 4.40. The van der Waals surface area contributed by atoms with Gasteiger partial charge in [0.15, 0.2) is 0 Å². The lowest BCUT2D eigenvalue weighted by Gasteiger charge is -2.36. The van der Waals surface area contributed by atoms with Crippen LogP contribution in [-0.2, 0) is 11.2 Å². The van der Waals surface area contributed by atoms with Crippen molar-refractivity contribution in [3.05, 3.63) is 34.9 Å². The predicted octanol–water partition coefficient (Wildman–Crippen LogP) is 3.43. The Bertz CT molecular complexity index is 388. The molecule has 1 aliphatic carbocycles. The lowest BCUT2D eigenvalue weighted by atomic mass is 9.87. The molecule has 0 aromatic heterocycles. The first-order valence-corrected chi connectivity index (χ1v) is 7.05. The number of methoxy groups -OCH3 is 1. The van der Waals surface area contributed by atoms with E-state index in [2.05, 4.69) is 11.4 Å². The van der Waals surface area contributed by atoms with Crippen molar-refractivity contribution in [2.45, 2.75) is 43.7 Å². The maximum atomic E-state index is 6.05. The Kier molecular flexibility index (Phi) is 4.66. The van der Waals surface area contributed by atoms with Crippen molar-refractivity contribution in [1.29, 1.82) is 0 Å². The molecule has 0 spiro atoms. The quantitative estimate of drug-likeness (QED) is 0.883. The molecule has 1 aliphatic rings. The number of ether oxygens (including phenoxy) is 1. The van der Waals surface area contributed by atoms with Crippen LogP contribution in [0.2, 0.25) is 5.02 Å². The SMILES string of the molecule is CNC(Cc1cccc(Cl)c1)C1(OC)CCCC1. The lowest BCUT2D eigenvalue weighted by molar-refractivity contribution is -0.0336. The molecule has 2 nitrogen and oxygen atoms in total. The summed E-state index contributed by atoms with van der Waals surface area (Å²) in [4.78, 5) is 0. The number of benzene rings is 1. The van der Waals surface area contributed by atoms with Gasteiger partial charge >= 0.3 is 0 Å². The Morgan fingerprint density at radius 3 is 2.67 bits per heavy atom. The summed E-state index contributed by atoms with van der Waals surface area (Å²) < 4.78 is 5.86. The highest BCUT2D eigenvalue weighted by molar-refractivity contribution is 6.30. The van der Waals surface area contributed by atoms with Gasteiger partial charge in [-0.05, 0) is 44.0 Å². The molecule has 18 heavy (non-hydrogen) atoms. The second-order valence-electron chi connectivity index (χ2n) is 5.15. The highest BCUT2D eigenvalue weighted by atomic mass is 35.5. The van der Waals surface area contributed by atoms with Crippen LogP contribution >= 0.6 is 11.6 Å². The largest absolute Gasteiger partial charge is 0.377 e. The smallest absolute Gasteiger partial charge is 0.0834 e. The van der Waals surface area contributed by atoms with E-state index in [1.54, 1.807) is 0 Å². The summed E-state index contributed by atoms with van der Waals surface area (Å²) in [6, 6.07) is 8.46. The van der Waals surface area contributed by atoms with E-state index < -0.39 is 0 Å². The van der Waals surface area contributed by atoms with E-state index in [-0.39, 0.29) is 5.60 Å². The molecule has 1 saturated carbocycles. The maximum Gasteiger partial charge on any atom is 0.0834 e. The first kappa shape index (κ1) is 13.9. The molecule has 0 radical (unpaired) electrons. The zero-order valence-corrected chi connectivity index (χ0v) is 12.0. The van der Waals surface area contributed by atoms with Crippen LogP contribution in [0.3, 0.4) is 0 Å².